The Kier molecular flexibility index (Phi) is 4.36. The second-order valence-electron chi connectivity index (χ2n) is 4.89. The molecule has 0 saturated carbocycles. The summed E-state index contributed by atoms with van der Waals surface area (Å²) in [4.78, 5) is 11.6. The van der Waals surface area contributed by atoms with Crippen LogP contribution in [-0.2, 0) is 14.8 Å². The Bertz CT molecular complexity index is 631. The van der Waals surface area contributed by atoms with Gasteiger partial charge in [0.05, 0.1) is 4.90 Å². The monoisotopic (exact) mass is 316 g/mol. The summed E-state index contributed by atoms with van der Waals surface area (Å²) >= 11 is 5.98. The lowest BCUT2D eigenvalue weighted by molar-refractivity contribution is -0.122. The maximum absolute atomic E-state index is 12.7. The second kappa shape index (κ2) is 5.71. The third-order valence-corrected chi connectivity index (χ3v) is 6.05. The number of hydrogen-bond donors (Lipinski definition) is 1. The fourth-order valence-corrected chi connectivity index (χ4v) is 4.61. The van der Waals surface area contributed by atoms with Crippen LogP contribution in [0.15, 0.2) is 23.1 Å². The van der Waals surface area contributed by atoms with Crippen molar-refractivity contribution in [2.24, 2.45) is 5.73 Å². The number of hydrogen-bond acceptors (Lipinski definition) is 3. The van der Waals surface area contributed by atoms with Crippen molar-refractivity contribution in [3.63, 3.8) is 0 Å². The number of nitrogens with zero attached hydrogens (tertiary/aromatic N) is 1. The summed E-state index contributed by atoms with van der Waals surface area (Å²) in [7, 11) is -3.76. The fourth-order valence-electron chi connectivity index (χ4n) is 2.47. The molecule has 1 aliphatic rings. The predicted octanol–water partition coefficient (Wildman–Crippen LogP) is 1.68. The van der Waals surface area contributed by atoms with Gasteiger partial charge in [0.1, 0.15) is 6.04 Å². The lowest BCUT2D eigenvalue weighted by Crippen LogP contribution is -2.50. The van der Waals surface area contributed by atoms with Crippen LogP contribution in [0, 0.1) is 6.92 Å². The van der Waals surface area contributed by atoms with E-state index in [0.717, 1.165) is 12.8 Å². The molecule has 5 nitrogen and oxygen atoms in total. The Morgan fingerprint density at radius 3 is 2.75 bits per heavy atom. The van der Waals surface area contributed by atoms with Crippen LogP contribution < -0.4 is 5.73 Å². The van der Waals surface area contributed by atoms with Gasteiger partial charge in [0.25, 0.3) is 0 Å². The Balaban J connectivity index is 2.48. The Labute approximate surface area is 123 Å². The second-order valence-corrected chi connectivity index (χ2v) is 7.16. The van der Waals surface area contributed by atoms with E-state index in [2.05, 4.69) is 0 Å². The number of carbonyl (C=O) groups is 1. The van der Waals surface area contributed by atoms with E-state index in [-0.39, 0.29) is 4.90 Å². The summed E-state index contributed by atoms with van der Waals surface area (Å²) in [5.74, 6) is -0.604. The largest absolute Gasteiger partial charge is 0.368 e. The molecular formula is C13H17ClN2O3S. The van der Waals surface area contributed by atoms with Crippen molar-refractivity contribution in [2.45, 2.75) is 37.1 Å². The molecule has 20 heavy (non-hydrogen) atoms. The molecule has 0 bridgehead atoms. The van der Waals surface area contributed by atoms with E-state index in [1.165, 1.54) is 10.4 Å². The first-order valence-electron chi connectivity index (χ1n) is 6.42. The highest BCUT2D eigenvalue weighted by Gasteiger charge is 2.37. The molecule has 2 N–H and O–H groups in total. The smallest absolute Gasteiger partial charge is 0.244 e. The lowest BCUT2D eigenvalue weighted by atomic mass is 10.0. The number of sulfonamides is 1. The number of halogens is 1. The van der Waals surface area contributed by atoms with E-state index in [0.29, 0.717) is 23.6 Å². The number of carbonyl (C=O) groups excluding carboxylic acids is 1. The molecule has 0 unspecified atom stereocenters. The fraction of sp³-hybridized carbons (Fsp3) is 0.462. The number of primary amides is 1. The van der Waals surface area contributed by atoms with Gasteiger partial charge in [-0.25, -0.2) is 8.42 Å². The van der Waals surface area contributed by atoms with Crippen molar-refractivity contribution >= 4 is 27.5 Å². The number of rotatable bonds is 3. The molecule has 1 aromatic carbocycles. The van der Waals surface area contributed by atoms with E-state index in [1.54, 1.807) is 19.1 Å². The normalized spacial score (nSPS) is 20.8. The summed E-state index contributed by atoms with van der Waals surface area (Å²) in [6.45, 7) is 1.96. The summed E-state index contributed by atoms with van der Waals surface area (Å²) < 4.78 is 26.7. The van der Waals surface area contributed by atoms with E-state index < -0.39 is 22.0 Å². The lowest BCUT2D eigenvalue weighted by Gasteiger charge is -2.33. The Morgan fingerprint density at radius 2 is 2.10 bits per heavy atom. The van der Waals surface area contributed by atoms with Crippen molar-refractivity contribution in [1.29, 1.82) is 0 Å². The molecule has 0 spiro atoms. The first kappa shape index (κ1) is 15.3. The maximum Gasteiger partial charge on any atom is 0.244 e. The molecule has 1 fully saturated rings. The zero-order valence-corrected chi connectivity index (χ0v) is 12.7. The highest BCUT2D eigenvalue weighted by atomic mass is 35.5. The first-order chi connectivity index (χ1) is 9.35. The number of benzene rings is 1. The summed E-state index contributed by atoms with van der Waals surface area (Å²) in [6.07, 6.45) is 1.99. The zero-order valence-electron chi connectivity index (χ0n) is 11.2. The van der Waals surface area contributed by atoms with Gasteiger partial charge in [0, 0.05) is 11.6 Å². The van der Waals surface area contributed by atoms with Crippen LogP contribution in [0.1, 0.15) is 24.8 Å². The van der Waals surface area contributed by atoms with Gasteiger partial charge in [-0.05, 0) is 37.5 Å². The molecule has 1 heterocycles. The molecule has 1 amide bonds. The molecule has 7 heteroatoms. The van der Waals surface area contributed by atoms with Gasteiger partial charge < -0.3 is 5.73 Å². The molecule has 0 radical (unpaired) electrons. The van der Waals surface area contributed by atoms with Crippen LogP contribution >= 0.6 is 11.6 Å². The van der Waals surface area contributed by atoms with Crippen molar-refractivity contribution in [3.05, 3.63) is 28.8 Å². The van der Waals surface area contributed by atoms with Crippen LogP contribution in [0.2, 0.25) is 5.02 Å². The minimum atomic E-state index is -3.76. The average Bonchev–Trinajstić information content (AvgIpc) is 2.41. The molecule has 1 saturated heterocycles. The molecule has 110 valence electrons. The molecule has 2 rings (SSSR count). The molecule has 1 aromatic rings. The summed E-state index contributed by atoms with van der Waals surface area (Å²) in [6, 6.07) is 3.96. The van der Waals surface area contributed by atoms with E-state index >= 15 is 0 Å². The van der Waals surface area contributed by atoms with Crippen molar-refractivity contribution < 1.29 is 13.2 Å². The minimum Gasteiger partial charge on any atom is -0.368 e. The molecular weight excluding hydrogens is 300 g/mol. The molecule has 1 aliphatic heterocycles. The Hall–Kier alpha value is -1.11. The Morgan fingerprint density at radius 1 is 1.40 bits per heavy atom. The van der Waals surface area contributed by atoms with Gasteiger partial charge in [-0.1, -0.05) is 24.1 Å². The van der Waals surface area contributed by atoms with E-state index in [1.807, 2.05) is 0 Å². The maximum atomic E-state index is 12.7. The third-order valence-electron chi connectivity index (χ3n) is 3.59. The number of nitrogens with two attached hydrogens (primary N) is 1. The quantitative estimate of drug-likeness (QED) is 0.921. The predicted molar refractivity (Wildman–Crippen MR) is 76.9 cm³/mol. The minimum absolute atomic E-state index is 0.137. The van der Waals surface area contributed by atoms with E-state index in [4.69, 9.17) is 17.3 Å². The third kappa shape index (κ3) is 2.68. The average molecular weight is 317 g/mol. The van der Waals surface area contributed by atoms with Crippen molar-refractivity contribution in [1.82, 2.24) is 4.31 Å². The van der Waals surface area contributed by atoms with Gasteiger partial charge in [0.2, 0.25) is 15.9 Å². The molecule has 1 atom stereocenters. The SMILES string of the molecule is Cc1c(Cl)cccc1S(=O)(=O)N1CCCC[C@@H]1C(N)=O. The van der Waals surface area contributed by atoms with Gasteiger partial charge in [-0.3, -0.25) is 4.79 Å². The number of amides is 1. The highest BCUT2D eigenvalue weighted by molar-refractivity contribution is 7.89. The van der Waals surface area contributed by atoms with Gasteiger partial charge in [-0.15, -0.1) is 0 Å². The van der Waals surface area contributed by atoms with Gasteiger partial charge in [0.15, 0.2) is 0 Å². The van der Waals surface area contributed by atoms with Crippen LogP contribution in [0.4, 0.5) is 0 Å². The first-order valence-corrected chi connectivity index (χ1v) is 8.24. The standard InChI is InChI=1S/C13H17ClN2O3S/c1-9-10(14)5-4-7-12(9)20(18,19)16-8-3-2-6-11(16)13(15)17/h4-5,7,11H,2-3,6,8H2,1H3,(H2,15,17)/t11-/m1/s1. The van der Waals surface area contributed by atoms with E-state index in [9.17, 15) is 13.2 Å². The number of piperidine rings is 1. The van der Waals surface area contributed by atoms with Crippen molar-refractivity contribution in [3.8, 4) is 0 Å². The zero-order chi connectivity index (χ0) is 14.9. The van der Waals surface area contributed by atoms with Crippen LogP contribution in [0.25, 0.3) is 0 Å². The highest BCUT2D eigenvalue weighted by Crippen LogP contribution is 2.29. The van der Waals surface area contributed by atoms with Crippen LogP contribution in [0.5, 0.6) is 0 Å². The van der Waals surface area contributed by atoms with Crippen LogP contribution in [-0.4, -0.2) is 31.2 Å². The van der Waals surface area contributed by atoms with Gasteiger partial charge >= 0.3 is 0 Å². The van der Waals surface area contributed by atoms with Crippen LogP contribution in [0.3, 0.4) is 0 Å². The summed E-state index contributed by atoms with van der Waals surface area (Å²) in [5.41, 5.74) is 5.82. The molecule has 0 aromatic heterocycles. The van der Waals surface area contributed by atoms with Crippen molar-refractivity contribution in [2.75, 3.05) is 6.54 Å². The summed E-state index contributed by atoms with van der Waals surface area (Å²) in [5, 5.41) is 0.388. The topological polar surface area (TPSA) is 80.5 Å². The van der Waals surface area contributed by atoms with Gasteiger partial charge in [-0.2, -0.15) is 4.31 Å². The molecule has 0 aliphatic carbocycles.